The average Bonchev–Trinajstić information content (AvgIpc) is 2.48. The molecule has 2 fully saturated rings. The number of unbranched alkanes of at least 4 members (excludes halogenated alkanes) is 3. The molecule has 2 aliphatic rings. The van der Waals surface area contributed by atoms with Crippen molar-refractivity contribution < 1.29 is 4.79 Å². The van der Waals surface area contributed by atoms with E-state index >= 15 is 0 Å². The molecule has 0 unspecified atom stereocenters. The van der Waals surface area contributed by atoms with Gasteiger partial charge in [0.1, 0.15) is 0 Å². The molecule has 1 saturated carbocycles. The molecule has 0 aromatic carbocycles. The van der Waals surface area contributed by atoms with Gasteiger partial charge in [0.2, 0.25) is 5.91 Å². The van der Waals surface area contributed by atoms with Crippen molar-refractivity contribution in [2.75, 3.05) is 25.4 Å². The van der Waals surface area contributed by atoms with E-state index in [9.17, 15) is 4.79 Å². The minimum Gasteiger partial charge on any atom is -0.340 e. The van der Waals surface area contributed by atoms with E-state index in [-0.39, 0.29) is 0 Å². The Balaban J connectivity index is 1.72. The maximum atomic E-state index is 12.3. The van der Waals surface area contributed by atoms with Crippen LogP contribution in [0.5, 0.6) is 0 Å². The monoisotopic (exact) mass is 298 g/mol. The van der Waals surface area contributed by atoms with Crippen molar-refractivity contribution in [3.05, 3.63) is 0 Å². The van der Waals surface area contributed by atoms with E-state index in [1.165, 1.54) is 38.5 Å². The van der Waals surface area contributed by atoms with Crippen LogP contribution < -0.4 is 5.73 Å². The molecular weight excluding hydrogens is 268 g/mol. The molecule has 1 aliphatic heterocycles. The number of hydrogen-bond acceptors (Lipinski definition) is 3. The summed E-state index contributed by atoms with van der Waals surface area (Å²) in [6.07, 6.45) is 11.9. The minimum absolute atomic E-state index is 0.392. The van der Waals surface area contributed by atoms with Crippen molar-refractivity contribution in [3.63, 3.8) is 0 Å². The number of carbonyl (C=O) groups excluding carboxylic acids is 1. The summed E-state index contributed by atoms with van der Waals surface area (Å²) in [6.45, 7) is 2.76. The second-order valence-corrected chi connectivity index (χ2v) is 7.92. The molecule has 1 aliphatic carbocycles. The van der Waals surface area contributed by atoms with Crippen LogP contribution in [0.1, 0.15) is 64.2 Å². The lowest BCUT2D eigenvalue weighted by molar-refractivity contribution is -0.131. The van der Waals surface area contributed by atoms with Crippen molar-refractivity contribution in [2.45, 2.75) is 69.0 Å². The third kappa shape index (κ3) is 4.66. The fourth-order valence-corrected chi connectivity index (χ4v) is 5.06. The van der Waals surface area contributed by atoms with E-state index < -0.39 is 0 Å². The molecule has 1 saturated heterocycles. The predicted molar refractivity (Wildman–Crippen MR) is 87.0 cm³/mol. The third-order valence-electron chi connectivity index (χ3n) is 4.71. The largest absolute Gasteiger partial charge is 0.340 e. The van der Waals surface area contributed by atoms with Gasteiger partial charge in [-0.3, -0.25) is 4.79 Å². The summed E-state index contributed by atoms with van der Waals surface area (Å²) in [4.78, 5) is 14.5. The smallest absolute Gasteiger partial charge is 0.222 e. The Morgan fingerprint density at radius 1 is 1.10 bits per heavy atom. The molecule has 1 amide bonds. The maximum absolute atomic E-state index is 12.3. The van der Waals surface area contributed by atoms with Gasteiger partial charge in [0.05, 0.1) is 0 Å². The van der Waals surface area contributed by atoms with E-state index in [4.69, 9.17) is 5.73 Å². The molecule has 3 nitrogen and oxygen atoms in total. The van der Waals surface area contributed by atoms with E-state index in [0.29, 0.717) is 10.7 Å². The molecule has 4 heteroatoms. The number of hydrogen-bond donors (Lipinski definition) is 1. The van der Waals surface area contributed by atoms with Crippen LogP contribution in [0.2, 0.25) is 0 Å². The minimum atomic E-state index is 0.392. The van der Waals surface area contributed by atoms with Crippen LogP contribution in [0.25, 0.3) is 0 Å². The summed E-state index contributed by atoms with van der Waals surface area (Å²) < 4.78 is 0.408. The van der Waals surface area contributed by atoms with E-state index in [0.717, 1.165) is 51.1 Å². The summed E-state index contributed by atoms with van der Waals surface area (Å²) >= 11 is 2.13. The van der Waals surface area contributed by atoms with Crippen molar-refractivity contribution in [3.8, 4) is 0 Å². The van der Waals surface area contributed by atoms with Crippen LogP contribution in [0.3, 0.4) is 0 Å². The number of carbonyl (C=O) groups is 1. The van der Waals surface area contributed by atoms with Crippen molar-refractivity contribution in [1.29, 1.82) is 0 Å². The van der Waals surface area contributed by atoms with E-state index in [1.807, 2.05) is 0 Å². The first kappa shape index (κ1) is 16.2. The Morgan fingerprint density at radius 2 is 1.85 bits per heavy atom. The molecule has 0 aromatic rings. The Hall–Kier alpha value is -0.220. The van der Waals surface area contributed by atoms with Crippen LogP contribution in [0.15, 0.2) is 0 Å². The zero-order valence-electron chi connectivity index (χ0n) is 12.7. The zero-order valence-corrected chi connectivity index (χ0v) is 13.6. The van der Waals surface area contributed by atoms with E-state index in [2.05, 4.69) is 16.7 Å². The van der Waals surface area contributed by atoms with Gasteiger partial charge in [-0.05, 0) is 32.2 Å². The SMILES string of the molecule is NCCCCCCC(=O)N1CCSC2(CCCCC2)C1. The molecule has 2 rings (SSSR count). The van der Waals surface area contributed by atoms with Crippen LogP contribution in [-0.4, -0.2) is 40.9 Å². The quantitative estimate of drug-likeness (QED) is 0.766. The Kier molecular flexibility index (Phi) is 6.69. The molecule has 2 N–H and O–H groups in total. The summed E-state index contributed by atoms with van der Waals surface area (Å²) in [6, 6.07) is 0. The standard InChI is InChI=1S/C16H30N2OS/c17-11-7-2-1-4-8-15(19)18-12-13-20-16(14-18)9-5-3-6-10-16/h1-14,17H2. The van der Waals surface area contributed by atoms with Crippen molar-refractivity contribution >= 4 is 17.7 Å². The van der Waals surface area contributed by atoms with Crippen LogP contribution in [0.4, 0.5) is 0 Å². The number of amides is 1. The average molecular weight is 298 g/mol. The van der Waals surface area contributed by atoms with Gasteiger partial charge in [0, 0.05) is 30.0 Å². The zero-order chi connectivity index (χ0) is 14.3. The van der Waals surface area contributed by atoms with Crippen LogP contribution >= 0.6 is 11.8 Å². The topological polar surface area (TPSA) is 46.3 Å². The highest BCUT2D eigenvalue weighted by Gasteiger charge is 2.38. The number of thioether (sulfide) groups is 1. The summed E-state index contributed by atoms with van der Waals surface area (Å²) in [7, 11) is 0. The maximum Gasteiger partial charge on any atom is 0.222 e. The fourth-order valence-electron chi connectivity index (χ4n) is 3.49. The van der Waals surface area contributed by atoms with Gasteiger partial charge >= 0.3 is 0 Å². The molecule has 116 valence electrons. The van der Waals surface area contributed by atoms with Crippen LogP contribution in [0, 0.1) is 0 Å². The van der Waals surface area contributed by atoms with Gasteiger partial charge in [-0.15, -0.1) is 0 Å². The fraction of sp³-hybridized carbons (Fsp3) is 0.938. The molecule has 1 heterocycles. The molecular formula is C16H30N2OS. The van der Waals surface area contributed by atoms with Gasteiger partial charge in [0.15, 0.2) is 0 Å². The van der Waals surface area contributed by atoms with Crippen LogP contribution in [-0.2, 0) is 4.79 Å². The number of rotatable bonds is 6. The highest BCUT2D eigenvalue weighted by molar-refractivity contribution is 8.00. The molecule has 0 bridgehead atoms. The molecule has 0 radical (unpaired) electrons. The second kappa shape index (κ2) is 8.28. The van der Waals surface area contributed by atoms with Gasteiger partial charge in [0.25, 0.3) is 0 Å². The highest BCUT2D eigenvalue weighted by Crippen LogP contribution is 2.42. The Labute approximate surface area is 128 Å². The third-order valence-corrected chi connectivity index (χ3v) is 6.25. The molecule has 1 spiro atoms. The summed E-state index contributed by atoms with van der Waals surface area (Å²) in [5.41, 5.74) is 5.49. The first-order valence-corrected chi connectivity index (χ1v) is 9.36. The lowest BCUT2D eigenvalue weighted by Crippen LogP contribution is -2.49. The first-order valence-electron chi connectivity index (χ1n) is 8.38. The Morgan fingerprint density at radius 3 is 2.60 bits per heavy atom. The van der Waals surface area contributed by atoms with E-state index in [1.54, 1.807) is 0 Å². The normalized spacial score (nSPS) is 22.1. The van der Waals surface area contributed by atoms with Crippen molar-refractivity contribution in [2.24, 2.45) is 5.73 Å². The lowest BCUT2D eigenvalue weighted by Gasteiger charge is -2.44. The lowest BCUT2D eigenvalue weighted by atomic mass is 9.87. The number of nitrogens with zero attached hydrogens (tertiary/aromatic N) is 1. The van der Waals surface area contributed by atoms with Gasteiger partial charge in [-0.1, -0.05) is 32.1 Å². The Bertz CT molecular complexity index is 297. The van der Waals surface area contributed by atoms with Gasteiger partial charge in [-0.2, -0.15) is 11.8 Å². The number of nitrogens with two attached hydrogens (primary N) is 1. The molecule has 20 heavy (non-hydrogen) atoms. The van der Waals surface area contributed by atoms with Gasteiger partial charge < -0.3 is 10.6 Å². The van der Waals surface area contributed by atoms with Gasteiger partial charge in [-0.25, -0.2) is 0 Å². The predicted octanol–water partition coefficient (Wildman–Crippen LogP) is 3.17. The first-order chi connectivity index (χ1) is 9.76. The highest BCUT2D eigenvalue weighted by atomic mass is 32.2. The summed E-state index contributed by atoms with van der Waals surface area (Å²) in [5.74, 6) is 1.53. The molecule has 0 aromatic heterocycles. The van der Waals surface area contributed by atoms with Crippen molar-refractivity contribution in [1.82, 2.24) is 4.90 Å². The summed E-state index contributed by atoms with van der Waals surface area (Å²) in [5, 5.41) is 0. The second-order valence-electron chi connectivity index (χ2n) is 6.36. The molecule has 0 atom stereocenters.